The number of nitrogens with zero attached hydrogens (tertiary/aromatic N) is 2. The molecule has 0 aliphatic rings. The highest BCUT2D eigenvalue weighted by Crippen LogP contribution is 2.27. The first-order chi connectivity index (χ1) is 10.0. The fourth-order valence-electron chi connectivity index (χ4n) is 1.78. The van der Waals surface area contributed by atoms with Gasteiger partial charge in [-0.3, -0.25) is 0 Å². The van der Waals surface area contributed by atoms with Gasteiger partial charge in [0.05, 0.1) is 11.3 Å². The number of hydrogen-bond donors (Lipinski definition) is 1. The monoisotopic (exact) mass is 307 g/mol. The van der Waals surface area contributed by atoms with Crippen molar-refractivity contribution in [3.8, 4) is 22.8 Å². The summed E-state index contributed by atoms with van der Waals surface area (Å²) in [6, 6.07) is 8.53. The van der Waals surface area contributed by atoms with Crippen LogP contribution in [0.15, 0.2) is 40.9 Å². The lowest BCUT2D eigenvalue weighted by molar-refractivity contribution is 0.429. The van der Waals surface area contributed by atoms with E-state index in [0.29, 0.717) is 16.7 Å². The number of halogens is 3. The van der Waals surface area contributed by atoms with Gasteiger partial charge in [0.15, 0.2) is 0 Å². The Kier molecular flexibility index (Phi) is 3.31. The predicted octanol–water partition coefficient (Wildman–Crippen LogP) is 3.92. The van der Waals surface area contributed by atoms with E-state index in [-0.39, 0.29) is 23.0 Å². The number of nitrogen functional groups attached to an aromatic ring is 1. The molecule has 1 aromatic heterocycles. The molecule has 0 atom stereocenters. The van der Waals surface area contributed by atoms with Crippen molar-refractivity contribution < 1.29 is 13.3 Å². The molecule has 0 spiro atoms. The minimum absolute atomic E-state index is 0.0541. The number of nitrogens with two attached hydrogens (primary N) is 1. The second-order valence-electron chi connectivity index (χ2n) is 4.28. The van der Waals surface area contributed by atoms with Gasteiger partial charge in [-0.15, -0.1) is 0 Å². The lowest BCUT2D eigenvalue weighted by atomic mass is 10.1. The molecule has 0 saturated carbocycles. The molecule has 4 nitrogen and oxygen atoms in total. The van der Waals surface area contributed by atoms with E-state index < -0.39 is 11.6 Å². The van der Waals surface area contributed by atoms with Gasteiger partial charge >= 0.3 is 0 Å². The van der Waals surface area contributed by atoms with E-state index in [1.54, 1.807) is 24.3 Å². The van der Waals surface area contributed by atoms with Crippen LogP contribution in [0.25, 0.3) is 22.8 Å². The highest BCUT2D eigenvalue weighted by Gasteiger charge is 2.16. The molecule has 0 radical (unpaired) electrons. The Morgan fingerprint density at radius 1 is 1.05 bits per heavy atom. The summed E-state index contributed by atoms with van der Waals surface area (Å²) in [6.07, 6.45) is 0. The van der Waals surface area contributed by atoms with Crippen LogP contribution < -0.4 is 5.73 Å². The minimum atomic E-state index is -0.839. The Labute approximate surface area is 123 Å². The van der Waals surface area contributed by atoms with Crippen LogP contribution in [0.1, 0.15) is 0 Å². The van der Waals surface area contributed by atoms with Crippen molar-refractivity contribution in [3.05, 3.63) is 53.1 Å². The maximum atomic E-state index is 13.7. The van der Waals surface area contributed by atoms with Crippen LogP contribution >= 0.6 is 11.6 Å². The van der Waals surface area contributed by atoms with Crippen molar-refractivity contribution in [2.24, 2.45) is 0 Å². The Bertz CT molecular complexity index is 802. The molecule has 0 unspecified atom stereocenters. The highest BCUT2D eigenvalue weighted by molar-refractivity contribution is 6.30. The largest absolute Gasteiger partial charge is 0.396 e. The molecule has 21 heavy (non-hydrogen) atoms. The average Bonchev–Trinajstić information content (AvgIpc) is 2.93. The number of aromatic nitrogens is 2. The third kappa shape index (κ3) is 2.57. The van der Waals surface area contributed by atoms with Crippen molar-refractivity contribution in [2.75, 3.05) is 5.73 Å². The molecule has 0 aliphatic heterocycles. The predicted molar refractivity (Wildman–Crippen MR) is 74.5 cm³/mol. The zero-order chi connectivity index (χ0) is 15.0. The number of anilines is 1. The van der Waals surface area contributed by atoms with E-state index in [2.05, 4.69) is 10.1 Å². The van der Waals surface area contributed by atoms with Gasteiger partial charge in [0.2, 0.25) is 5.82 Å². The van der Waals surface area contributed by atoms with E-state index >= 15 is 0 Å². The fourth-order valence-corrected chi connectivity index (χ4v) is 1.90. The van der Waals surface area contributed by atoms with E-state index in [1.165, 1.54) is 0 Å². The Morgan fingerprint density at radius 3 is 2.48 bits per heavy atom. The van der Waals surface area contributed by atoms with E-state index in [0.717, 1.165) is 6.07 Å². The minimum Gasteiger partial charge on any atom is -0.396 e. The molecule has 2 aromatic carbocycles. The summed E-state index contributed by atoms with van der Waals surface area (Å²) in [5, 5.41) is 4.32. The van der Waals surface area contributed by atoms with Gasteiger partial charge in [-0.2, -0.15) is 4.98 Å². The molecule has 2 N–H and O–H groups in total. The molecule has 0 bridgehead atoms. The van der Waals surface area contributed by atoms with Gasteiger partial charge in [0, 0.05) is 16.7 Å². The maximum absolute atomic E-state index is 13.7. The summed E-state index contributed by atoms with van der Waals surface area (Å²) in [6.45, 7) is 0. The molecule has 0 aliphatic carbocycles. The summed E-state index contributed by atoms with van der Waals surface area (Å²) in [7, 11) is 0. The summed E-state index contributed by atoms with van der Waals surface area (Å²) in [4.78, 5) is 4.07. The molecule has 7 heteroatoms. The van der Waals surface area contributed by atoms with Crippen molar-refractivity contribution >= 4 is 17.3 Å². The van der Waals surface area contributed by atoms with Crippen LogP contribution in [0, 0.1) is 11.6 Å². The third-order valence-electron chi connectivity index (χ3n) is 2.85. The first-order valence-corrected chi connectivity index (χ1v) is 6.27. The van der Waals surface area contributed by atoms with E-state index in [9.17, 15) is 8.78 Å². The Balaban J connectivity index is 2.02. The van der Waals surface area contributed by atoms with Gasteiger partial charge in [0.1, 0.15) is 11.6 Å². The molecule has 0 saturated heterocycles. The molecule has 0 fully saturated rings. The van der Waals surface area contributed by atoms with Gasteiger partial charge in [0.25, 0.3) is 5.89 Å². The molecule has 0 amide bonds. The lowest BCUT2D eigenvalue weighted by Crippen LogP contribution is -1.94. The maximum Gasteiger partial charge on any atom is 0.261 e. The van der Waals surface area contributed by atoms with Crippen LogP contribution in [0.4, 0.5) is 14.5 Å². The van der Waals surface area contributed by atoms with Crippen molar-refractivity contribution in [3.63, 3.8) is 0 Å². The van der Waals surface area contributed by atoms with Gasteiger partial charge in [-0.05, 0) is 30.3 Å². The zero-order valence-corrected chi connectivity index (χ0v) is 11.2. The first kappa shape index (κ1) is 13.5. The van der Waals surface area contributed by atoms with Crippen LogP contribution in [-0.4, -0.2) is 10.1 Å². The molecular formula is C14H8ClF2N3O. The lowest BCUT2D eigenvalue weighted by Gasteiger charge is -2.00. The van der Waals surface area contributed by atoms with E-state index in [1.807, 2.05) is 0 Å². The van der Waals surface area contributed by atoms with Crippen LogP contribution in [0.3, 0.4) is 0 Å². The van der Waals surface area contributed by atoms with Crippen LogP contribution in [0.5, 0.6) is 0 Å². The molecule has 3 aromatic rings. The van der Waals surface area contributed by atoms with Gasteiger partial charge in [-0.25, -0.2) is 8.78 Å². The third-order valence-corrected chi connectivity index (χ3v) is 3.10. The summed E-state index contributed by atoms with van der Waals surface area (Å²) in [5.41, 5.74) is 5.82. The number of benzene rings is 2. The molecular weight excluding hydrogens is 300 g/mol. The number of rotatable bonds is 2. The average molecular weight is 308 g/mol. The number of hydrogen-bond acceptors (Lipinski definition) is 4. The quantitative estimate of drug-likeness (QED) is 0.729. The normalized spacial score (nSPS) is 10.8. The summed E-state index contributed by atoms with van der Waals surface area (Å²) >= 11 is 5.79. The smallest absolute Gasteiger partial charge is 0.261 e. The highest BCUT2D eigenvalue weighted by atomic mass is 35.5. The van der Waals surface area contributed by atoms with Crippen LogP contribution in [0.2, 0.25) is 5.02 Å². The summed E-state index contributed by atoms with van der Waals surface area (Å²) in [5.74, 6) is -1.48. The SMILES string of the molecule is Nc1cc(-c2nc(-c3ccc(Cl)cc3)no2)c(F)cc1F. The van der Waals surface area contributed by atoms with Crippen molar-refractivity contribution in [1.29, 1.82) is 0 Å². The fraction of sp³-hybridized carbons (Fsp3) is 0. The standard InChI is InChI=1S/C14H8ClF2N3O/c15-8-3-1-7(2-4-8)13-19-14(21-20-13)9-5-12(18)11(17)6-10(9)16/h1-6H,18H2. The Morgan fingerprint density at radius 2 is 1.76 bits per heavy atom. The van der Waals surface area contributed by atoms with E-state index in [4.69, 9.17) is 21.9 Å². The second-order valence-corrected chi connectivity index (χ2v) is 4.72. The van der Waals surface area contributed by atoms with Crippen LogP contribution in [-0.2, 0) is 0 Å². The molecule has 3 rings (SSSR count). The molecule has 1 heterocycles. The van der Waals surface area contributed by atoms with Gasteiger partial charge < -0.3 is 10.3 Å². The zero-order valence-electron chi connectivity index (χ0n) is 10.5. The van der Waals surface area contributed by atoms with Gasteiger partial charge in [-0.1, -0.05) is 16.8 Å². The molecule has 106 valence electrons. The van der Waals surface area contributed by atoms with Crippen molar-refractivity contribution in [2.45, 2.75) is 0 Å². The van der Waals surface area contributed by atoms with Crippen molar-refractivity contribution in [1.82, 2.24) is 10.1 Å². The Hall–Kier alpha value is -2.47. The first-order valence-electron chi connectivity index (χ1n) is 5.89. The second kappa shape index (κ2) is 5.14. The topological polar surface area (TPSA) is 64.9 Å². The summed E-state index contributed by atoms with van der Waals surface area (Å²) < 4.78 is 31.9.